The summed E-state index contributed by atoms with van der Waals surface area (Å²) in [5.74, 6) is 1.54. The number of ether oxygens (including phenoxy) is 1. The minimum absolute atomic E-state index is 0. The lowest BCUT2D eigenvalue weighted by atomic mass is 10.1. The summed E-state index contributed by atoms with van der Waals surface area (Å²) in [6.07, 6.45) is -2.66. The minimum atomic E-state index is -4.15. The molecular weight excluding hydrogens is 460 g/mol. The molecule has 0 aliphatic carbocycles. The van der Waals surface area contributed by atoms with Gasteiger partial charge in [0.2, 0.25) is 0 Å². The van der Waals surface area contributed by atoms with Crippen LogP contribution in [0.2, 0.25) is 0 Å². The number of hydrogen-bond acceptors (Lipinski definition) is 3. The van der Waals surface area contributed by atoms with Crippen molar-refractivity contribution in [2.75, 3.05) is 40.3 Å². The molecule has 9 heteroatoms. The zero-order valence-corrected chi connectivity index (χ0v) is 17.3. The summed E-state index contributed by atoms with van der Waals surface area (Å²) in [6, 6.07) is 7.96. The summed E-state index contributed by atoms with van der Waals surface area (Å²) in [4.78, 5) is 5.38. The first-order valence-corrected chi connectivity index (χ1v) is 8.32. The topological polar surface area (TPSA) is 48.9 Å². The Morgan fingerprint density at radius 3 is 2.69 bits per heavy atom. The van der Waals surface area contributed by atoms with E-state index in [0.29, 0.717) is 32.0 Å². The molecule has 26 heavy (non-hydrogen) atoms. The van der Waals surface area contributed by atoms with Crippen LogP contribution in [0.1, 0.15) is 12.0 Å². The van der Waals surface area contributed by atoms with E-state index in [0.717, 1.165) is 12.2 Å². The van der Waals surface area contributed by atoms with Crippen molar-refractivity contribution in [3.05, 3.63) is 29.8 Å². The average Bonchev–Trinajstić information content (AvgIpc) is 2.95. The van der Waals surface area contributed by atoms with E-state index >= 15 is 0 Å². The van der Waals surface area contributed by atoms with Crippen LogP contribution in [0.5, 0.6) is 5.75 Å². The summed E-state index contributed by atoms with van der Waals surface area (Å²) in [5.41, 5.74) is 1.20. The maximum absolute atomic E-state index is 12.2. The number of benzene rings is 1. The Bertz CT molecular complexity index is 558. The molecule has 0 saturated heterocycles. The van der Waals surface area contributed by atoms with E-state index in [2.05, 4.69) is 21.7 Å². The molecule has 1 unspecified atom stereocenters. The molecule has 0 spiro atoms. The fraction of sp³-hybridized carbons (Fsp3) is 0.588. The molecule has 5 nitrogen and oxygen atoms in total. The highest BCUT2D eigenvalue weighted by molar-refractivity contribution is 14.0. The number of para-hydroxylation sites is 1. The minimum Gasteiger partial charge on any atom is -0.488 e. The number of guanidine groups is 1. The second-order valence-electron chi connectivity index (χ2n) is 6.14. The largest absolute Gasteiger partial charge is 0.488 e. The van der Waals surface area contributed by atoms with Gasteiger partial charge in [0.1, 0.15) is 11.9 Å². The van der Waals surface area contributed by atoms with Gasteiger partial charge < -0.3 is 15.4 Å². The molecule has 2 rings (SSSR count). The SMILES string of the molecule is CN=C(NCCCN(C)CC(F)(F)F)NCC1Cc2ccccc2O1.I. The van der Waals surface area contributed by atoms with Gasteiger partial charge in [-0.15, -0.1) is 24.0 Å². The zero-order chi connectivity index (χ0) is 18.3. The summed E-state index contributed by atoms with van der Waals surface area (Å²) in [5, 5.41) is 6.30. The second-order valence-corrected chi connectivity index (χ2v) is 6.14. The monoisotopic (exact) mass is 486 g/mol. The number of halogens is 4. The molecule has 2 N–H and O–H groups in total. The van der Waals surface area contributed by atoms with Gasteiger partial charge in [0, 0.05) is 20.0 Å². The molecule has 1 atom stereocenters. The lowest BCUT2D eigenvalue weighted by Gasteiger charge is -2.19. The molecule has 1 aliphatic rings. The van der Waals surface area contributed by atoms with E-state index in [9.17, 15) is 13.2 Å². The van der Waals surface area contributed by atoms with Crippen molar-refractivity contribution in [3.63, 3.8) is 0 Å². The third kappa shape index (κ3) is 7.98. The van der Waals surface area contributed by atoms with Crippen LogP contribution < -0.4 is 15.4 Å². The predicted molar refractivity (Wildman–Crippen MR) is 108 cm³/mol. The van der Waals surface area contributed by atoms with E-state index in [1.165, 1.54) is 17.5 Å². The van der Waals surface area contributed by atoms with Gasteiger partial charge in [0.25, 0.3) is 0 Å². The van der Waals surface area contributed by atoms with E-state index in [1.807, 2.05) is 18.2 Å². The Hall–Kier alpha value is -1.23. The van der Waals surface area contributed by atoms with Crippen LogP contribution in [0.15, 0.2) is 29.3 Å². The zero-order valence-electron chi connectivity index (χ0n) is 15.0. The van der Waals surface area contributed by atoms with Crippen LogP contribution in [0.4, 0.5) is 13.2 Å². The Kier molecular flexibility index (Phi) is 9.48. The van der Waals surface area contributed by atoms with E-state index in [-0.39, 0.29) is 30.1 Å². The molecule has 0 fully saturated rings. The molecule has 148 valence electrons. The van der Waals surface area contributed by atoms with Crippen LogP contribution in [0, 0.1) is 0 Å². The maximum atomic E-state index is 12.2. The maximum Gasteiger partial charge on any atom is 0.401 e. The van der Waals surface area contributed by atoms with Crippen LogP contribution in [0.25, 0.3) is 0 Å². The molecule has 1 heterocycles. The first-order chi connectivity index (χ1) is 11.9. The van der Waals surface area contributed by atoms with Crippen molar-refractivity contribution in [2.45, 2.75) is 25.1 Å². The van der Waals surface area contributed by atoms with Gasteiger partial charge >= 0.3 is 6.18 Å². The van der Waals surface area contributed by atoms with Crippen LogP contribution in [-0.4, -0.2) is 63.4 Å². The van der Waals surface area contributed by atoms with Crippen LogP contribution >= 0.6 is 24.0 Å². The van der Waals surface area contributed by atoms with Gasteiger partial charge in [-0.2, -0.15) is 13.2 Å². The van der Waals surface area contributed by atoms with Crippen molar-refractivity contribution in [1.29, 1.82) is 0 Å². The summed E-state index contributed by atoms with van der Waals surface area (Å²) >= 11 is 0. The highest BCUT2D eigenvalue weighted by Gasteiger charge is 2.28. The Balaban J connectivity index is 0.00000338. The second kappa shape index (κ2) is 10.8. The highest BCUT2D eigenvalue weighted by atomic mass is 127. The molecule has 0 radical (unpaired) electrons. The number of hydrogen-bond donors (Lipinski definition) is 2. The predicted octanol–water partition coefficient (Wildman–Crippen LogP) is 2.66. The number of aliphatic imine (C=N–C) groups is 1. The van der Waals surface area contributed by atoms with Gasteiger partial charge in [-0.1, -0.05) is 18.2 Å². The summed E-state index contributed by atoms with van der Waals surface area (Å²) < 4.78 is 42.6. The highest BCUT2D eigenvalue weighted by Crippen LogP contribution is 2.27. The number of nitrogens with one attached hydrogen (secondary N) is 2. The molecule has 1 aromatic carbocycles. The molecule has 0 amide bonds. The lowest BCUT2D eigenvalue weighted by Crippen LogP contribution is -2.43. The Morgan fingerprint density at radius 2 is 2.04 bits per heavy atom. The van der Waals surface area contributed by atoms with Crippen molar-refractivity contribution in [1.82, 2.24) is 15.5 Å². The van der Waals surface area contributed by atoms with Gasteiger partial charge in [-0.3, -0.25) is 9.89 Å². The van der Waals surface area contributed by atoms with Crippen molar-refractivity contribution >= 4 is 29.9 Å². The van der Waals surface area contributed by atoms with Crippen molar-refractivity contribution < 1.29 is 17.9 Å². The number of alkyl halides is 3. The van der Waals surface area contributed by atoms with Crippen LogP contribution in [-0.2, 0) is 6.42 Å². The summed E-state index contributed by atoms with van der Waals surface area (Å²) in [6.45, 7) is 0.639. The van der Waals surface area contributed by atoms with E-state index < -0.39 is 12.7 Å². The first kappa shape index (κ1) is 22.8. The fourth-order valence-electron chi connectivity index (χ4n) is 2.74. The molecule has 1 aliphatic heterocycles. The van der Waals surface area contributed by atoms with Gasteiger partial charge in [0.05, 0.1) is 13.1 Å². The first-order valence-electron chi connectivity index (χ1n) is 8.32. The number of fused-ring (bicyclic) bond motifs is 1. The third-order valence-corrected chi connectivity index (χ3v) is 3.89. The average molecular weight is 486 g/mol. The quantitative estimate of drug-likeness (QED) is 0.270. The van der Waals surface area contributed by atoms with E-state index in [1.54, 1.807) is 7.05 Å². The van der Waals surface area contributed by atoms with E-state index in [4.69, 9.17) is 4.74 Å². The van der Waals surface area contributed by atoms with Crippen molar-refractivity contribution in [2.24, 2.45) is 4.99 Å². The summed E-state index contributed by atoms with van der Waals surface area (Å²) in [7, 11) is 3.13. The van der Waals surface area contributed by atoms with Gasteiger partial charge in [0.15, 0.2) is 5.96 Å². The lowest BCUT2D eigenvalue weighted by molar-refractivity contribution is -0.143. The molecular formula is C17H26F3IN4O. The smallest absolute Gasteiger partial charge is 0.401 e. The number of rotatable bonds is 7. The molecule has 0 aromatic heterocycles. The van der Waals surface area contributed by atoms with Crippen LogP contribution in [0.3, 0.4) is 0 Å². The standard InChI is InChI=1S/C17H25F3N4O.HI/c1-21-16(22-8-5-9-24(2)12-17(18,19)20)23-11-14-10-13-6-3-4-7-15(13)25-14;/h3-4,6-7,14H,5,8-12H2,1-2H3,(H2,21,22,23);1H. The van der Waals surface area contributed by atoms with Gasteiger partial charge in [-0.25, -0.2) is 0 Å². The molecule has 0 bridgehead atoms. The molecule has 0 saturated carbocycles. The Labute approximate surface area is 169 Å². The number of nitrogens with zero attached hydrogens (tertiary/aromatic N) is 2. The fourth-order valence-corrected chi connectivity index (χ4v) is 2.74. The van der Waals surface area contributed by atoms with Gasteiger partial charge in [-0.05, 0) is 31.6 Å². The normalized spacial score (nSPS) is 16.7. The third-order valence-electron chi connectivity index (χ3n) is 3.89. The Morgan fingerprint density at radius 1 is 1.31 bits per heavy atom. The molecule has 1 aromatic rings. The van der Waals surface area contributed by atoms with Crippen molar-refractivity contribution in [3.8, 4) is 5.75 Å².